The quantitative estimate of drug-likeness (QED) is 0.754. The zero-order valence-electron chi connectivity index (χ0n) is 12.4. The molecule has 0 aliphatic carbocycles. The number of nitrogens with two attached hydrogens (primary N) is 1. The summed E-state index contributed by atoms with van der Waals surface area (Å²) in [6, 6.07) is 8.97. The molecule has 3 N–H and O–H groups in total. The van der Waals surface area contributed by atoms with E-state index in [0.29, 0.717) is 0 Å². The highest BCUT2D eigenvalue weighted by atomic mass is 35.5. The summed E-state index contributed by atoms with van der Waals surface area (Å²) in [5.41, 5.74) is 6.23. The molecule has 0 saturated carbocycles. The zero-order chi connectivity index (χ0) is 15.0. The van der Waals surface area contributed by atoms with Gasteiger partial charge in [0.15, 0.2) is 0 Å². The summed E-state index contributed by atoms with van der Waals surface area (Å²) >= 11 is 0. The van der Waals surface area contributed by atoms with Gasteiger partial charge in [-0.05, 0) is 19.4 Å². The van der Waals surface area contributed by atoms with Crippen molar-refractivity contribution in [3.05, 3.63) is 35.9 Å². The number of carbonyl (C=O) groups is 2. The van der Waals surface area contributed by atoms with Crippen molar-refractivity contribution in [1.29, 1.82) is 0 Å². The molecule has 1 aromatic rings. The number of amides is 1. The molecule has 0 aliphatic rings. The number of hydrogen-bond acceptors (Lipinski definition) is 4. The Bertz CT molecular complexity index is 438. The Balaban J connectivity index is 0.00000400. The molecule has 0 saturated heterocycles. The van der Waals surface area contributed by atoms with Crippen LogP contribution in [0, 0.1) is 0 Å². The molecule has 6 heteroatoms. The third-order valence-corrected chi connectivity index (χ3v) is 2.65. The fourth-order valence-electron chi connectivity index (χ4n) is 1.81. The van der Waals surface area contributed by atoms with Gasteiger partial charge < -0.3 is 15.8 Å². The standard InChI is InChI=1S/C15H22N2O3.ClH/c1-11(2)20-15(19)10-13(17-14(18)8-9-16)12-6-4-3-5-7-12;/h3-7,11,13H,8-10,16H2,1-2H3,(H,17,18);1H. The molecular weight excluding hydrogens is 292 g/mol. The SMILES string of the molecule is CC(C)OC(=O)CC(NC(=O)CCN)c1ccccc1.Cl. The number of rotatable bonds is 7. The molecule has 1 atom stereocenters. The van der Waals surface area contributed by atoms with Crippen LogP contribution in [0.15, 0.2) is 30.3 Å². The van der Waals surface area contributed by atoms with Gasteiger partial charge in [0.2, 0.25) is 5.91 Å². The van der Waals surface area contributed by atoms with E-state index in [4.69, 9.17) is 10.5 Å². The average Bonchev–Trinajstić information content (AvgIpc) is 2.38. The number of benzene rings is 1. The van der Waals surface area contributed by atoms with E-state index in [-0.39, 0.29) is 55.8 Å². The first-order chi connectivity index (χ1) is 9.52. The summed E-state index contributed by atoms with van der Waals surface area (Å²) in [5.74, 6) is -0.499. The molecular formula is C15H23ClN2O3. The lowest BCUT2D eigenvalue weighted by Crippen LogP contribution is -2.32. The van der Waals surface area contributed by atoms with Crippen molar-refractivity contribution in [2.45, 2.75) is 38.8 Å². The van der Waals surface area contributed by atoms with E-state index >= 15 is 0 Å². The number of halogens is 1. The van der Waals surface area contributed by atoms with E-state index < -0.39 is 0 Å². The van der Waals surface area contributed by atoms with Crippen LogP contribution >= 0.6 is 12.4 Å². The third-order valence-electron chi connectivity index (χ3n) is 2.65. The second-order valence-electron chi connectivity index (χ2n) is 4.81. The number of esters is 1. The van der Waals surface area contributed by atoms with E-state index in [1.807, 2.05) is 30.3 Å². The van der Waals surface area contributed by atoms with Crippen LogP contribution in [0.2, 0.25) is 0 Å². The van der Waals surface area contributed by atoms with Gasteiger partial charge in [-0.25, -0.2) is 0 Å². The van der Waals surface area contributed by atoms with Gasteiger partial charge in [-0.2, -0.15) is 0 Å². The van der Waals surface area contributed by atoms with Gasteiger partial charge in [0.25, 0.3) is 0 Å². The first-order valence-corrected chi connectivity index (χ1v) is 6.76. The van der Waals surface area contributed by atoms with Crippen molar-refractivity contribution >= 4 is 24.3 Å². The molecule has 118 valence electrons. The van der Waals surface area contributed by atoms with Gasteiger partial charge in [0.05, 0.1) is 18.6 Å². The first kappa shape index (κ1) is 19.4. The second-order valence-corrected chi connectivity index (χ2v) is 4.81. The first-order valence-electron chi connectivity index (χ1n) is 6.76. The summed E-state index contributed by atoms with van der Waals surface area (Å²) in [6.07, 6.45) is 0.180. The van der Waals surface area contributed by atoms with Crippen LogP contribution < -0.4 is 11.1 Å². The number of ether oxygens (including phenoxy) is 1. The highest BCUT2D eigenvalue weighted by Crippen LogP contribution is 2.17. The Morgan fingerprint density at radius 2 is 1.86 bits per heavy atom. The lowest BCUT2D eigenvalue weighted by Gasteiger charge is -2.19. The maximum absolute atomic E-state index is 11.8. The molecule has 0 aromatic heterocycles. The molecule has 0 spiro atoms. The molecule has 1 amide bonds. The number of hydrogen-bond donors (Lipinski definition) is 2. The summed E-state index contributed by atoms with van der Waals surface area (Å²) in [5, 5.41) is 2.82. The Hall–Kier alpha value is -1.59. The maximum atomic E-state index is 11.8. The van der Waals surface area contributed by atoms with Crippen molar-refractivity contribution in [2.75, 3.05) is 6.54 Å². The van der Waals surface area contributed by atoms with Crippen molar-refractivity contribution < 1.29 is 14.3 Å². The minimum absolute atomic E-state index is 0. The highest BCUT2D eigenvalue weighted by Gasteiger charge is 2.19. The predicted octanol–water partition coefficient (Wildman–Crippen LogP) is 1.96. The molecule has 1 aromatic carbocycles. The van der Waals surface area contributed by atoms with Gasteiger partial charge in [-0.3, -0.25) is 9.59 Å². The minimum Gasteiger partial charge on any atom is -0.463 e. The zero-order valence-corrected chi connectivity index (χ0v) is 13.2. The molecule has 1 unspecified atom stereocenters. The highest BCUT2D eigenvalue weighted by molar-refractivity contribution is 5.85. The Morgan fingerprint density at radius 1 is 1.24 bits per heavy atom. The normalized spacial score (nSPS) is 11.4. The van der Waals surface area contributed by atoms with Gasteiger partial charge in [0.1, 0.15) is 0 Å². The van der Waals surface area contributed by atoms with Crippen molar-refractivity contribution in [3.63, 3.8) is 0 Å². The summed E-state index contributed by atoms with van der Waals surface area (Å²) < 4.78 is 5.13. The van der Waals surface area contributed by atoms with Gasteiger partial charge in [0, 0.05) is 13.0 Å². The molecule has 21 heavy (non-hydrogen) atoms. The number of nitrogens with one attached hydrogen (secondary N) is 1. The summed E-state index contributed by atoms with van der Waals surface area (Å²) in [4.78, 5) is 23.5. The van der Waals surface area contributed by atoms with Crippen molar-refractivity contribution in [1.82, 2.24) is 5.32 Å². The molecule has 0 fully saturated rings. The van der Waals surface area contributed by atoms with Gasteiger partial charge in [-0.1, -0.05) is 30.3 Å². The number of carbonyl (C=O) groups excluding carboxylic acids is 2. The predicted molar refractivity (Wildman–Crippen MR) is 84.1 cm³/mol. The summed E-state index contributed by atoms with van der Waals surface area (Å²) in [7, 11) is 0. The largest absolute Gasteiger partial charge is 0.463 e. The molecule has 5 nitrogen and oxygen atoms in total. The van der Waals surface area contributed by atoms with Crippen LogP contribution in [0.5, 0.6) is 0 Å². The van der Waals surface area contributed by atoms with Crippen LogP contribution in [0.3, 0.4) is 0 Å². The lowest BCUT2D eigenvalue weighted by atomic mass is 10.0. The summed E-state index contributed by atoms with van der Waals surface area (Å²) in [6.45, 7) is 3.87. The molecule has 0 bridgehead atoms. The smallest absolute Gasteiger partial charge is 0.308 e. The fourth-order valence-corrected chi connectivity index (χ4v) is 1.81. The van der Waals surface area contributed by atoms with E-state index in [0.717, 1.165) is 5.56 Å². The Morgan fingerprint density at radius 3 is 2.38 bits per heavy atom. The second kappa shape index (κ2) is 10.2. The van der Waals surface area contributed by atoms with Crippen molar-refractivity contribution in [2.24, 2.45) is 5.73 Å². The van der Waals surface area contributed by atoms with Crippen LogP contribution in [0.1, 0.15) is 38.3 Å². The molecule has 0 aliphatic heterocycles. The monoisotopic (exact) mass is 314 g/mol. The molecule has 1 rings (SSSR count). The molecule has 0 radical (unpaired) electrons. The lowest BCUT2D eigenvalue weighted by molar-refractivity contribution is -0.148. The van der Waals surface area contributed by atoms with E-state index in [2.05, 4.69) is 5.32 Å². The minimum atomic E-state index is -0.388. The topological polar surface area (TPSA) is 81.4 Å². The fraction of sp³-hybridized carbons (Fsp3) is 0.467. The van der Waals surface area contributed by atoms with E-state index in [1.165, 1.54) is 0 Å². The van der Waals surface area contributed by atoms with Crippen LogP contribution in [0.25, 0.3) is 0 Å². The van der Waals surface area contributed by atoms with Crippen molar-refractivity contribution in [3.8, 4) is 0 Å². The maximum Gasteiger partial charge on any atom is 0.308 e. The van der Waals surface area contributed by atoms with E-state index in [1.54, 1.807) is 13.8 Å². The molecule has 0 heterocycles. The Labute approximate surface area is 131 Å². The van der Waals surface area contributed by atoms with Crippen LogP contribution in [0.4, 0.5) is 0 Å². The van der Waals surface area contributed by atoms with E-state index in [9.17, 15) is 9.59 Å². The Kier molecular flexibility index (Phi) is 9.41. The van der Waals surface area contributed by atoms with Gasteiger partial charge >= 0.3 is 5.97 Å². The van der Waals surface area contributed by atoms with Crippen LogP contribution in [-0.2, 0) is 14.3 Å². The average molecular weight is 315 g/mol. The third kappa shape index (κ3) is 7.68. The van der Waals surface area contributed by atoms with Gasteiger partial charge in [-0.15, -0.1) is 12.4 Å². The van der Waals surface area contributed by atoms with Crippen LogP contribution in [-0.4, -0.2) is 24.5 Å².